The van der Waals surface area contributed by atoms with Crippen molar-refractivity contribution in [3.63, 3.8) is 0 Å². The van der Waals surface area contributed by atoms with E-state index in [1.807, 2.05) is 7.05 Å². The zero-order valence-corrected chi connectivity index (χ0v) is 19.5. The van der Waals surface area contributed by atoms with Gasteiger partial charge in [-0.1, -0.05) is 30.3 Å². The molecule has 0 bridgehead atoms. The second-order valence-corrected chi connectivity index (χ2v) is 9.49. The summed E-state index contributed by atoms with van der Waals surface area (Å²) in [6.07, 6.45) is -0.507. The zero-order valence-electron chi connectivity index (χ0n) is 18.7. The van der Waals surface area contributed by atoms with Crippen LogP contribution in [0, 0.1) is 0 Å². The van der Waals surface area contributed by atoms with Gasteiger partial charge in [0.25, 0.3) is 5.91 Å². The third-order valence-corrected chi connectivity index (χ3v) is 7.46. The molecule has 0 radical (unpaired) electrons. The lowest BCUT2D eigenvalue weighted by Crippen LogP contribution is -2.71. The van der Waals surface area contributed by atoms with Crippen LogP contribution in [0.2, 0.25) is 0 Å². The molecule has 0 aliphatic carbocycles. The molecule has 3 aliphatic heterocycles. The van der Waals surface area contributed by atoms with Crippen molar-refractivity contribution in [3.8, 4) is 0 Å². The van der Waals surface area contributed by atoms with Crippen molar-refractivity contribution in [2.24, 2.45) is 5.73 Å². The lowest BCUT2D eigenvalue weighted by atomic mass is 10.0. The molecule has 0 saturated carbocycles. The standard InChI is InChI=1S/C22H27N5O6S/c1-25-7-9-26(10-8-25)22(32)33-11-14-12-34-20-16(19(29)27(20)17(14)21(30)31)24-18(28)15(23)13-5-3-2-4-6-13/h2-6,15-16,20H,7-12,23H2,1H3,(H,24,28)(H,30,31)/t15-,16?,20-/m1/s1. The first-order valence-corrected chi connectivity index (χ1v) is 11.9. The Kier molecular flexibility index (Phi) is 7.10. The number of nitrogens with zero attached hydrogens (tertiary/aromatic N) is 3. The number of aliphatic carboxylic acids is 1. The number of fused-ring (bicyclic) bond motifs is 1. The summed E-state index contributed by atoms with van der Waals surface area (Å²) in [7, 11) is 1.97. The molecule has 1 unspecified atom stereocenters. The molecule has 4 N–H and O–H groups in total. The number of hydrogen-bond donors (Lipinski definition) is 3. The molecule has 12 heteroatoms. The van der Waals surface area contributed by atoms with Crippen molar-refractivity contribution < 1.29 is 29.0 Å². The van der Waals surface area contributed by atoms with Crippen molar-refractivity contribution in [1.82, 2.24) is 20.0 Å². The Labute approximate surface area is 200 Å². The van der Waals surface area contributed by atoms with Crippen molar-refractivity contribution >= 4 is 35.6 Å². The number of likely N-dealkylation sites (N-methyl/N-ethyl adjacent to an activating group) is 1. The minimum Gasteiger partial charge on any atom is -0.477 e. The number of thioether (sulfide) groups is 1. The van der Waals surface area contributed by atoms with Gasteiger partial charge in [0, 0.05) is 37.5 Å². The third-order valence-electron chi connectivity index (χ3n) is 6.12. The highest BCUT2D eigenvalue weighted by molar-refractivity contribution is 8.00. The van der Waals surface area contributed by atoms with E-state index >= 15 is 0 Å². The molecule has 1 aromatic carbocycles. The number of amides is 3. The maximum atomic E-state index is 12.8. The second-order valence-electron chi connectivity index (χ2n) is 8.39. The first-order chi connectivity index (χ1) is 16.3. The Bertz CT molecular complexity index is 1010. The number of ether oxygens (including phenoxy) is 1. The van der Waals surface area contributed by atoms with Crippen LogP contribution >= 0.6 is 11.8 Å². The van der Waals surface area contributed by atoms with Crippen LogP contribution in [-0.2, 0) is 19.1 Å². The number of carboxylic acid groups (broad SMARTS) is 1. The highest BCUT2D eigenvalue weighted by Crippen LogP contribution is 2.40. The molecule has 11 nitrogen and oxygen atoms in total. The van der Waals surface area contributed by atoms with Gasteiger partial charge in [-0.05, 0) is 12.6 Å². The van der Waals surface area contributed by atoms with Crippen LogP contribution < -0.4 is 11.1 Å². The number of β-lactam (4-membered cyclic amide) rings is 1. The Morgan fingerprint density at radius 3 is 2.53 bits per heavy atom. The van der Waals surface area contributed by atoms with Gasteiger partial charge in [-0.15, -0.1) is 11.8 Å². The Morgan fingerprint density at radius 1 is 1.21 bits per heavy atom. The van der Waals surface area contributed by atoms with Gasteiger partial charge >= 0.3 is 12.1 Å². The number of nitrogens with two attached hydrogens (primary N) is 1. The smallest absolute Gasteiger partial charge is 0.410 e. The fourth-order valence-corrected chi connectivity index (χ4v) is 5.41. The van der Waals surface area contributed by atoms with Crippen LogP contribution in [0.1, 0.15) is 11.6 Å². The van der Waals surface area contributed by atoms with E-state index in [2.05, 4.69) is 10.2 Å². The molecule has 3 heterocycles. The molecule has 0 aromatic heterocycles. The number of nitrogens with one attached hydrogen (secondary N) is 1. The van der Waals surface area contributed by atoms with Gasteiger partial charge < -0.3 is 30.7 Å². The minimum absolute atomic E-state index is 0.196. The number of carboxylic acids is 1. The van der Waals surface area contributed by atoms with E-state index in [-0.39, 0.29) is 18.1 Å². The van der Waals surface area contributed by atoms with Crippen LogP contribution in [0.4, 0.5) is 4.79 Å². The van der Waals surface area contributed by atoms with E-state index < -0.39 is 41.3 Å². The first kappa shape index (κ1) is 24.0. The molecule has 34 heavy (non-hydrogen) atoms. The van der Waals surface area contributed by atoms with Gasteiger partial charge in [0.05, 0.1) is 0 Å². The maximum absolute atomic E-state index is 12.8. The molecule has 3 aliphatic rings. The second kappa shape index (κ2) is 10.0. The van der Waals surface area contributed by atoms with Crippen LogP contribution in [0.15, 0.2) is 41.6 Å². The monoisotopic (exact) mass is 489 g/mol. The van der Waals surface area contributed by atoms with Crippen molar-refractivity contribution in [2.45, 2.75) is 17.5 Å². The quantitative estimate of drug-likeness (QED) is 0.463. The number of piperazine rings is 1. The Hall–Kier alpha value is -3.09. The van der Waals surface area contributed by atoms with Crippen molar-refractivity contribution in [2.75, 3.05) is 45.6 Å². The van der Waals surface area contributed by atoms with E-state index in [0.29, 0.717) is 24.2 Å². The average molecular weight is 490 g/mol. The first-order valence-electron chi connectivity index (χ1n) is 10.9. The summed E-state index contributed by atoms with van der Waals surface area (Å²) in [5.41, 5.74) is 6.76. The molecular formula is C22H27N5O6S. The Balaban J connectivity index is 1.39. The highest BCUT2D eigenvalue weighted by atomic mass is 32.2. The summed E-state index contributed by atoms with van der Waals surface area (Å²) >= 11 is 1.31. The SMILES string of the molecule is CN1CCN(C(=O)OCC2=C(C(=O)O)N3C(=O)C(NC(=O)[C@H](N)c4ccccc4)[C@H]3SC2)CC1. The third kappa shape index (κ3) is 4.74. The predicted molar refractivity (Wildman–Crippen MR) is 123 cm³/mol. The van der Waals surface area contributed by atoms with Crippen molar-refractivity contribution in [1.29, 1.82) is 0 Å². The molecule has 1 aromatic rings. The summed E-state index contributed by atoms with van der Waals surface area (Å²) < 4.78 is 5.36. The normalized spacial score (nSPS) is 23.6. The number of hydrogen-bond acceptors (Lipinski definition) is 8. The largest absolute Gasteiger partial charge is 0.477 e. The van der Waals surface area contributed by atoms with Crippen LogP contribution in [0.5, 0.6) is 0 Å². The highest BCUT2D eigenvalue weighted by Gasteiger charge is 2.54. The molecule has 3 amide bonds. The molecular weight excluding hydrogens is 462 g/mol. The number of benzene rings is 1. The van der Waals surface area contributed by atoms with Crippen molar-refractivity contribution in [3.05, 3.63) is 47.2 Å². The van der Waals surface area contributed by atoms with Gasteiger partial charge in [-0.2, -0.15) is 0 Å². The lowest BCUT2D eigenvalue weighted by Gasteiger charge is -2.49. The van der Waals surface area contributed by atoms with E-state index in [1.54, 1.807) is 35.2 Å². The molecule has 0 spiro atoms. The van der Waals surface area contributed by atoms with Gasteiger partial charge in [0.1, 0.15) is 29.8 Å². The topological polar surface area (TPSA) is 146 Å². The average Bonchev–Trinajstić information content (AvgIpc) is 2.85. The van der Waals surface area contributed by atoms with Gasteiger partial charge in [-0.25, -0.2) is 9.59 Å². The van der Waals surface area contributed by atoms with Gasteiger partial charge in [-0.3, -0.25) is 14.5 Å². The summed E-state index contributed by atoms with van der Waals surface area (Å²) in [5, 5.41) is 11.9. The van der Waals surface area contributed by atoms with Gasteiger partial charge in [0.2, 0.25) is 5.91 Å². The summed E-state index contributed by atoms with van der Waals surface area (Å²) in [6, 6.07) is 6.94. The van der Waals surface area contributed by atoms with E-state index in [1.165, 1.54) is 11.8 Å². The minimum atomic E-state index is -1.28. The number of rotatable bonds is 6. The number of carbonyl (C=O) groups is 4. The van der Waals surface area contributed by atoms with E-state index in [4.69, 9.17) is 10.5 Å². The van der Waals surface area contributed by atoms with Crippen LogP contribution in [-0.4, -0.2) is 101 Å². The van der Waals surface area contributed by atoms with E-state index in [9.17, 15) is 24.3 Å². The van der Waals surface area contributed by atoms with E-state index in [0.717, 1.165) is 18.0 Å². The fourth-order valence-electron chi connectivity index (χ4n) is 4.08. The molecule has 4 rings (SSSR count). The lowest BCUT2D eigenvalue weighted by molar-refractivity contribution is -0.151. The van der Waals surface area contributed by atoms with Gasteiger partial charge in [0.15, 0.2) is 0 Å². The summed E-state index contributed by atoms with van der Waals surface area (Å²) in [4.78, 5) is 54.6. The summed E-state index contributed by atoms with van der Waals surface area (Å²) in [6.45, 7) is 2.33. The Morgan fingerprint density at radius 2 is 1.88 bits per heavy atom. The molecule has 2 saturated heterocycles. The molecule has 3 atom stereocenters. The molecule has 182 valence electrons. The van der Waals surface area contributed by atoms with Crippen LogP contribution in [0.25, 0.3) is 0 Å². The maximum Gasteiger partial charge on any atom is 0.410 e. The molecule has 2 fully saturated rings. The predicted octanol–water partition coefficient (Wildman–Crippen LogP) is -0.191. The fraction of sp³-hybridized carbons (Fsp3) is 0.455. The number of carbonyl (C=O) groups excluding carboxylic acids is 3. The summed E-state index contributed by atoms with van der Waals surface area (Å²) in [5.74, 6) is -2.08. The van der Waals surface area contributed by atoms with Crippen LogP contribution in [0.3, 0.4) is 0 Å². The zero-order chi connectivity index (χ0) is 24.4.